The fourth-order valence-corrected chi connectivity index (χ4v) is 1.88. The van der Waals surface area contributed by atoms with Gasteiger partial charge in [-0.1, -0.05) is 11.6 Å². The van der Waals surface area contributed by atoms with Crippen molar-refractivity contribution in [1.29, 1.82) is 0 Å². The molecule has 0 fully saturated rings. The third kappa shape index (κ3) is 5.32. The van der Waals surface area contributed by atoms with Crippen LogP contribution in [0.1, 0.15) is 32.4 Å². The summed E-state index contributed by atoms with van der Waals surface area (Å²) < 4.78 is 18.3. The monoisotopic (exact) mass is 334 g/mol. The summed E-state index contributed by atoms with van der Waals surface area (Å²) in [6.07, 6.45) is -3.67. The van der Waals surface area contributed by atoms with Gasteiger partial charge in [0.2, 0.25) is 0 Å². The second-order valence-corrected chi connectivity index (χ2v) is 6.19. The van der Waals surface area contributed by atoms with Gasteiger partial charge in [0.05, 0.1) is 10.7 Å². The Kier molecular flexibility index (Phi) is 5.99. The lowest BCUT2D eigenvalue weighted by atomic mass is 10.0. The van der Waals surface area contributed by atoms with E-state index < -0.39 is 29.7 Å². The number of benzene rings is 1. The molecule has 0 aliphatic carbocycles. The van der Waals surface area contributed by atoms with Gasteiger partial charge in [0.15, 0.2) is 0 Å². The highest BCUT2D eigenvalue weighted by Gasteiger charge is 2.24. The number of alkyl carbamates (subject to hydrolysis) is 1. The van der Waals surface area contributed by atoms with Crippen LogP contribution in [0.25, 0.3) is 0 Å². The van der Waals surface area contributed by atoms with Crippen LogP contribution >= 0.6 is 11.6 Å². The number of aliphatic hydroxyl groups excluding tert-OH is 2. The summed E-state index contributed by atoms with van der Waals surface area (Å²) >= 11 is 5.72. The Labute approximate surface area is 133 Å². The van der Waals surface area contributed by atoms with E-state index >= 15 is 0 Å². The largest absolute Gasteiger partial charge is 0.444 e. The quantitative estimate of drug-likeness (QED) is 0.630. The SMILES string of the molecule is CC(C)(C)OC(=O)NCC(O)C(O)c1cc(F)cc(Cl)c1N. The fraction of sp³-hybridized carbons (Fsp3) is 0.500. The number of anilines is 1. The number of hydrogen-bond acceptors (Lipinski definition) is 5. The first-order valence-corrected chi connectivity index (χ1v) is 6.96. The van der Waals surface area contributed by atoms with Gasteiger partial charge in [-0.2, -0.15) is 0 Å². The Hall–Kier alpha value is -1.57. The Morgan fingerprint density at radius 3 is 2.59 bits per heavy atom. The molecule has 2 atom stereocenters. The van der Waals surface area contributed by atoms with Gasteiger partial charge < -0.3 is 26.0 Å². The van der Waals surface area contributed by atoms with Crippen molar-refractivity contribution >= 4 is 23.4 Å². The highest BCUT2D eigenvalue weighted by molar-refractivity contribution is 6.33. The summed E-state index contributed by atoms with van der Waals surface area (Å²) in [5.41, 5.74) is 4.87. The molecule has 22 heavy (non-hydrogen) atoms. The molecule has 5 N–H and O–H groups in total. The lowest BCUT2D eigenvalue weighted by molar-refractivity contribution is 0.0131. The average molecular weight is 335 g/mol. The van der Waals surface area contributed by atoms with Crippen LogP contribution < -0.4 is 11.1 Å². The van der Waals surface area contributed by atoms with Crippen molar-refractivity contribution in [2.75, 3.05) is 12.3 Å². The first kappa shape index (κ1) is 18.5. The molecule has 0 radical (unpaired) electrons. The van der Waals surface area contributed by atoms with Crippen LogP contribution in [0.4, 0.5) is 14.9 Å². The number of carbonyl (C=O) groups excluding carboxylic acids is 1. The smallest absolute Gasteiger partial charge is 0.407 e. The van der Waals surface area contributed by atoms with Gasteiger partial charge in [0, 0.05) is 12.1 Å². The maximum atomic E-state index is 13.3. The molecule has 1 aromatic rings. The lowest BCUT2D eigenvalue weighted by Gasteiger charge is -2.23. The molecule has 1 aromatic carbocycles. The van der Waals surface area contributed by atoms with Crippen LogP contribution in [0.3, 0.4) is 0 Å². The number of halogens is 2. The maximum Gasteiger partial charge on any atom is 0.407 e. The average Bonchev–Trinajstić information content (AvgIpc) is 2.37. The topological polar surface area (TPSA) is 105 Å². The zero-order valence-electron chi connectivity index (χ0n) is 12.6. The summed E-state index contributed by atoms with van der Waals surface area (Å²) in [5, 5.41) is 22.1. The molecule has 0 aromatic heterocycles. The van der Waals surface area contributed by atoms with E-state index in [0.29, 0.717) is 0 Å². The van der Waals surface area contributed by atoms with E-state index in [1.807, 2.05) is 0 Å². The molecule has 1 amide bonds. The van der Waals surface area contributed by atoms with Gasteiger partial charge in [-0.3, -0.25) is 0 Å². The first-order chi connectivity index (χ1) is 10.0. The van der Waals surface area contributed by atoms with Crippen molar-refractivity contribution < 1.29 is 24.1 Å². The summed E-state index contributed by atoms with van der Waals surface area (Å²) in [6.45, 7) is 4.76. The highest BCUT2D eigenvalue weighted by Crippen LogP contribution is 2.30. The molecule has 0 heterocycles. The van der Waals surface area contributed by atoms with Crippen molar-refractivity contribution in [3.8, 4) is 0 Å². The van der Waals surface area contributed by atoms with Crippen LogP contribution in [0.2, 0.25) is 5.02 Å². The number of nitrogens with two attached hydrogens (primary N) is 1. The Morgan fingerprint density at radius 2 is 2.05 bits per heavy atom. The molecule has 2 unspecified atom stereocenters. The molecular weight excluding hydrogens is 315 g/mol. The van der Waals surface area contributed by atoms with E-state index in [-0.39, 0.29) is 22.8 Å². The summed E-state index contributed by atoms with van der Waals surface area (Å²) in [7, 11) is 0. The molecule has 0 aliphatic rings. The predicted octanol–water partition coefficient (Wildman–Crippen LogP) is 1.98. The third-order valence-electron chi connectivity index (χ3n) is 2.66. The standard InChI is InChI=1S/C14H20ClFN2O4/c1-14(2,3)22-13(21)18-6-10(19)12(20)8-4-7(16)5-9(15)11(8)17/h4-5,10,12,19-20H,6,17H2,1-3H3,(H,18,21). The van der Waals surface area contributed by atoms with E-state index in [0.717, 1.165) is 12.1 Å². The number of ether oxygens (including phenoxy) is 1. The maximum absolute atomic E-state index is 13.3. The van der Waals surface area contributed by atoms with Crippen LogP contribution in [-0.4, -0.2) is 34.6 Å². The molecule has 0 bridgehead atoms. The summed E-state index contributed by atoms with van der Waals surface area (Å²) in [4.78, 5) is 11.5. The highest BCUT2D eigenvalue weighted by atomic mass is 35.5. The minimum Gasteiger partial charge on any atom is -0.444 e. The Balaban J connectivity index is 2.70. The van der Waals surface area contributed by atoms with Crippen LogP contribution in [0, 0.1) is 5.82 Å². The first-order valence-electron chi connectivity index (χ1n) is 6.58. The minimum absolute atomic E-state index is 0.0353. The second kappa shape index (κ2) is 7.13. The Bertz CT molecular complexity index is 548. The number of rotatable bonds is 4. The molecule has 124 valence electrons. The lowest BCUT2D eigenvalue weighted by Crippen LogP contribution is -2.39. The van der Waals surface area contributed by atoms with E-state index in [9.17, 15) is 19.4 Å². The minimum atomic E-state index is -1.51. The van der Waals surface area contributed by atoms with Crippen molar-refractivity contribution in [2.45, 2.75) is 38.6 Å². The number of aliphatic hydroxyl groups is 2. The molecule has 1 rings (SSSR count). The van der Waals surface area contributed by atoms with Gasteiger partial charge in [0.1, 0.15) is 23.6 Å². The molecule has 8 heteroatoms. The van der Waals surface area contributed by atoms with Gasteiger partial charge in [-0.25, -0.2) is 9.18 Å². The molecule has 0 aliphatic heterocycles. The van der Waals surface area contributed by atoms with Crippen molar-refractivity contribution in [3.63, 3.8) is 0 Å². The van der Waals surface area contributed by atoms with Crippen molar-refractivity contribution in [3.05, 3.63) is 28.5 Å². The number of amides is 1. The number of nitrogens with one attached hydrogen (secondary N) is 1. The third-order valence-corrected chi connectivity index (χ3v) is 2.98. The van der Waals surface area contributed by atoms with E-state index in [1.165, 1.54) is 0 Å². The van der Waals surface area contributed by atoms with Crippen LogP contribution in [0.15, 0.2) is 12.1 Å². The van der Waals surface area contributed by atoms with Gasteiger partial charge in [-0.05, 0) is 32.9 Å². The molecule has 0 saturated heterocycles. The van der Waals surface area contributed by atoms with Gasteiger partial charge in [0.25, 0.3) is 0 Å². The van der Waals surface area contributed by atoms with Gasteiger partial charge in [-0.15, -0.1) is 0 Å². The van der Waals surface area contributed by atoms with E-state index in [2.05, 4.69) is 5.32 Å². The number of hydrogen-bond donors (Lipinski definition) is 4. The fourth-order valence-electron chi connectivity index (χ4n) is 1.67. The van der Waals surface area contributed by atoms with Crippen LogP contribution in [-0.2, 0) is 4.74 Å². The normalized spacial score (nSPS) is 14.3. The molecular formula is C14H20ClFN2O4. The van der Waals surface area contributed by atoms with Crippen molar-refractivity contribution in [1.82, 2.24) is 5.32 Å². The number of carbonyl (C=O) groups is 1. The second-order valence-electron chi connectivity index (χ2n) is 5.79. The van der Waals surface area contributed by atoms with E-state index in [4.69, 9.17) is 22.1 Å². The van der Waals surface area contributed by atoms with Crippen LogP contribution in [0.5, 0.6) is 0 Å². The van der Waals surface area contributed by atoms with Gasteiger partial charge >= 0.3 is 6.09 Å². The molecule has 6 nitrogen and oxygen atoms in total. The molecule has 0 saturated carbocycles. The predicted molar refractivity (Wildman–Crippen MR) is 81.0 cm³/mol. The van der Waals surface area contributed by atoms with E-state index in [1.54, 1.807) is 20.8 Å². The Morgan fingerprint density at radius 1 is 1.45 bits per heavy atom. The van der Waals surface area contributed by atoms with Crippen molar-refractivity contribution in [2.24, 2.45) is 0 Å². The molecule has 0 spiro atoms. The summed E-state index contributed by atoms with van der Waals surface area (Å²) in [6, 6.07) is 1.97. The summed E-state index contributed by atoms with van der Waals surface area (Å²) in [5.74, 6) is -0.694. The zero-order chi connectivity index (χ0) is 17.1. The zero-order valence-corrected chi connectivity index (χ0v) is 13.3. The number of nitrogen functional groups attached to an aromatic ring is 1.